The van der Waals surface area contributed by atoms with Gasteiger partial charge in [-0.1, -0.05) is 0 Å². The summed E-state index contributed by atoms with van der Waals surface area (Å²) < 4.78 is 47.0. The van der Waals surface area contributed by atoms with Crippen LogP contribution in [0.25, 0.3) is 17.1 Å². The highest BCUT2D eigenvalue weighted by atomic mass is 32.2. The number of hydrogen-bond acceptors (Lipinski definition) is 9. The highest BCUT2D eigenvalue weighted by Crippen LogP contribution is 2.27. The Kier molecular flexibility index (Phi) is 6.69. The van der Waals surface area contributed by atoms with Gasteiger partial charge in [-0.05, 0) is 23.3 Å². The molecule has 5 rings (SSSR count). The van der Waals surface area contributed by atoms with Gasteiger partial charge in [0.2, 0.25) is 11.9 Å². The molecule has 1 aliphatic rings. The standard InChI is InChI=1S/C23H26F2N8O2S/c1-30(23-27-21-13-17(19-4-3-11-35-19)29-33(21)22(26)28-23)5-6-31-7-9-32(10-8-31)18-14-20(36(2)34)16(25)12-15(18)24/h3-4,11-14H,5-10H2,1-2H3,(H2,26,27,28). The fraction of sp³-hybridized carbons (Fsp3) is 0.348. The average molecular weight is 517 g/mol. The number of benzene rings is 1. The van der Waals surface area contributed by atoms with E-state index >= 15 is 0 Å². The second kappa shape index (κ2) is 9.91. The topological polar surface area (TPSA) is 115 Å². The predicted octanol–water partition coefficient (Wildman–Crippen LogP) is 2.24. The van der Waals surface area contributed by atoms with E-state index < -0.39 is 22.8 Å². The molecule has 1 unspecified atom stereocenters. The number of nitrogen functional groups attached to an aromatic ring is 1. The van der Waals surface area contributed by atoms with Crippen LogP contribution in [0.2, 0.25) is 0 Å². The number of likely N-dealkylation sites (N-methyl/N-ethyl adjacent to an activating group) is 1. The molecule has 0 radical (unpaired) electrons. The lowest BCUT2D eigenvalue weighted by atomic mass is 10.2. The van der Waals surface area contributed by atoms with Crippen LogP contribution in [0, 0.1) is 11.6 Å². The van der Waals surface area contributed by atoms with Gasteiger partial charge in [-0.3, -0.25) is 4.90 Å². The summed E-state index contributed by atoms with van der Waals surface area (Å²) in [5, 5.41) is 4.41. The number of rotatable bonds is 7. The summed E-state index contributed by atoms with van der Waals surface area (Å²) >= 11 is -1.53. The normalized spacial score (nSPS) is 15.5. The number of fused-ring (bicyclic) bond motifs is 1. The molecule has 0 amide bonds. The van der Waals surface area contributed by atoms with E-state index in [1.54, 1.807) is 18.4 Å². The maximum absolute atomic E-state index is 14.4. The van der Waals surface area contributed by atoms with Crippen LogP contribution in [0.15, 0.2) is 45.9 Å². The zero-order valence-corrected chi connectivity index (χ0v) is 20.7. The first-order chi connectivity index (χ1) is 17.3. The summed E-state index contributed by atoms with van der Waals surface area (Å²) in [6.07, 6.45) is 2.96. The lowest BCUT2D eigenvalue weighted by Gasteiger charge is -2.36. The molecule has 1 saturated heterocycles. The minimum absolute atomic E-state index is 0.0150. The van der Waals surface area contributed by atoms with Gasteiger partial charge >= 0.3 is 0 Å². The summed E-state index contributed by atoms with van der Waals surface area (Å²) in [7, 11) is 1.89. The van der Waals surface area contributed by atoms with Crippen LogP contribution in [0.1, 0.15) is 0 Å². The van der Waals surface area contributed by atoms with Gasteiger partial charge in [-0.25, -0.2) is 8.78 Å². The Morgan fingerprint density at radius 2 is 1.92 bits per heavy atom. The summed E-state index contributed by atoms with van der Waals surface area (Å²) in [6.45, 7) is 3.94. The molecule has 1 fully saturated rings. The molecule has 190 valence electrons. The van der Waals surface area contributed by atoms with Crippen molar-refractivity contribution in [3.8, 4) is 11.5 Å². The molecular formula is C23H26F2N8O2S. The first kappa shape index (κ1) is 24.3. The monoisotopic (exact) mass is 516 g/mol. The van der Waals surface area contributed by atoms with E-state index in [-0.39, 0.29) is 16.5 Å². The lowest BCUT2D eigenvalue weighted by molar-refractivity contribution is 0.262. The Bertz CT molecular complexity index is 1360. The third kappa shape index (κ3) is 4.81. The fourth-order valence-corrected chi connectivity index (χ4v) is 4.81. The first-order valence-electron chi connectivity index (χ1n) is 11.4. The predicted molar refractivity (Wildman–Crippen MR) is 134 cm³/mol. The van der Waals surface area contributed by atoms with Gasteiger partial charge < -0.3 is 24.5 Å². The number of furan rings is 1. The van der Waals surface area contributed by atoms with Crippen LogP contribution in [-0.4, -0.2) is 81.6 Å². The van der Waals surface area contributed by atoms with E-state index in [2.05, 4.69) is 20.0 Å². The number of piperazine rings is 1. The van der Waals surface area contributed by atoms with E-state index in [1.807, 2.05) is 22.9 Å². The van der Waals surface area contributed by atoms with Crippen molar-refractivity contribution in [1.82, 2.24) is 24.5 Å². The van der Waals surface area contributed by atoms with Crippen molar-refractivity contribution in [2.75, 3.05) is 68.1 Å². The zero-order chi connectivity index (χ0) is 25.4. The minimum Gasteiger partial charge on any atom is -0.612 e. The SMILES string of the molecule is CN(CCN1CCN(c2cc([S+](C)[O-])c(F)cc2F)CC1)c1nc(N)n2nc(-c3ccco3)cc2n1. The average Bonchev–Trinajstić information content (AvgIpc) is 3.53. The molecule has 1 atom stereocenters. The van der Waals surface area contributed by atoms with Crippen molar-refractivity contribution in [2.24, 2.45) is 0 Å². The Hall–Kier alpha value is -3.42. The largest absolute Gasteiger partial charge is 0.612 e. The van der Waals surface area contributed by atoms with Crippen molar-refractivity contribution in [2.45, 2.75) is 4.90 Å². The van der Waals surface area contributed by atoms with Crippen LogP contribution in [0.5, 0.6) is 0 Å². The highest BCUT2D eigenvalue weighted by molar-refractivity contribution is 7.90. The van der Waals surface area contributed by atoms with Gasteiger partial charge in [-0.2, -0.15) is 19.6 Å². The van der Waals surface area contributed by atoms with Crippen LogP contribution in [-0.2, 0) is 11.2 Å². The van der Waals surface area contributed by atoms with Crippen molar-refractivity contribution in [3.05, 3.63) is 48.2 Å². The molecule has 13 heteroatoms. The van der Waals surface area contributed by atoms with Crippen LogP contribution in [0.3, 0.4) is 0 Å². The molecule has 4 heterocycles. The minimum atomic E-state index is -1.53. The maximum Gasteiger partial charge on any atom is 0.230 e. The molecule has 2 N–H and O–H groups in total. The molecule has 3 aromatic heterocycles. The van der Waals surface area contributed by atoms with Crippen LogP contribution >= 0.6 is 0 Å². The summed E-state index contributed by atoms with van der Waals surface area (Å²) in [5.41, 5.74) is 7.59. The smallest absolute Gasteiger partial charge is 0.230 e. The zero-order valence-electron chi connectivity index (χ0n) is 19.9. The van der Waals surface area contributed by atoms with Crippen LogP contribution in [0.4, 0.5) is 26.4 Å². The Morgan fingerprint density at radius 1 is 1.14 bits per heavy atom. The van der Waals surface area contributed by atoms with Gasteiger partial charge in [0.05, 0.1) is 12.0 Å². The number of hydrogen-bond donors (Lipinski definition) is 1. The van der Waals surface area contributed by atoms with E-state index in [0.717, 1.165) is 12.6 Å². The van der Waals surface area contributed by atoms with Crippen molar-refractivity contribution in [1.29, 1.82) is 0 Å². The summed E-state index contributed by atoms with van der Waals surface area (Å²) in [5.74, 6) is -0.100. The fourth-order valence-electron chi connectivity index (χ4n) is 4.20. The van der Waals surface area contributed by atoms with Crippen molar-refractivity contribution in [3.63, 3.8) is 0 Å². The highest BCUT2D eigenvalue weighted by Gasteiger charge is 2.24. The molecule has 1 aliphatic heterocycles. The molecule has 0 spiro atoms. The number of nitrogens with two attached hydrogens (primary N) is 1. The van der Waals surface area contributed by atoms with Gasteiger partial charge in [0, 0.05) is 64.5 Å². The summed E-state index contributed by atoms with van der Waals surface area (Å²) in [4.78, 5) is 15.0. The molecule has 4 aromatic rings. The van der Waals surface area contributed by atoms with Crippen molar-refractivity contribution >= 4 is 34.4 Å². The van der Waals surface area contributed by atoms with E-state index in [1.165, 1.54) is 16.8 Å². The molecule has 1 aromatic carbocycles. The second-order valence-electron chi connectivity index (χ2n) is 8.60. The Balaban J connectivity index is 1.20. The second-order valence-corrected chi connectivity index (χ2v) is 9.95. The third-order valence-corrected chi connectivity index (χ3v) is 7.16. The third-order valence-electron chi connectivity index (χ3n) is 6.23. The van der Waals surface area contributed by atoms with E-state index in [9.17, 15) is 13.3 Å². The lowest BCUT2D eigenvalue weighted by Crippen LogP contribution is -2.48. The van der Waals surface area contributed by atoms with Gasteiger partial charge in [0.1, 0.15) is 17.8 Å². The van der Waals surface area contributed by atoms with E-state index in [4.69, 9.17) is 10.2 Å². The molecular weight excluding hydrogens is 490 g/mol. The molecule has 10 nitrogen and oxygen atoms in total. The molecule has 0 saturated carbocycles. The maximum atomic E-state index is 14.4. The number of aromatic nitrogens is 4. The summed E-state index contributed by atoms with van der Waals surface area (Å²) in [6, 6.07) is 7.56. The molecule has 0 bridgehead atoms. The number of anilines is 3. The quantitative estimate of drug-likeness (QED) is 0.369. The van der Waals surface area contributed by atoms with Gasteiger partial charge in [0.25, 0.3) is 0 Å². The Labute approximate surface area is 209 Å². The van der Waals surface area contributed by atoms with E-state index in [0.29, 0.717) is 55.8 Å². The number of halogens is 2. The van der Waals surface area contributed by atoms with Gasteiger partial charge in [-0.15, -0.1) is 0 Å². The van der Waals surface area contributed by atoms with Crippen molar-refractivity contribution < 1.29 is 17.8 Å². The Morgan fingerprint density at radius 3 is 2.61 bits per heavy atom. The van der Waals surface area contributed by atoms with Crippen LogP contribution < -0.4 is 15.5 Å². The first-order valence-corrected chi connectivity index (χ1v) is 12.9. The molecule has 36 heavy (non-hydrogen) atoms. The number of nitrogens with zero attached hydrogens (tertiary/aromatic N) is 7. The van der Waals surface area contributed by atoms with Gasteiger partial charge in [0.15, 0.2) is 22.1 Å². The molecule has 0 aliphatic carbocycles.